The van der Waals surface area contributed by atoms with Gasteiger partial charge in [0.15, 0.2) is 0 Å². The Kier molecular flexibility index (Phi) is 7.16. The van der Waals surface area contributed by atoms with Crippen molar-refractivity contribution in [3.63, 3.8) is 0 Å². The molecule has 1 atom stereocenters. The van der Waals surface area contributed by atoms with Crippen molar-refractivity contribution in [1.82, 2.24) is 20.5 Å². The average molecular weight is 405 g/mol. The lowest BCUT2D eigenvalue weighted by molar-refractivity contribution is -0.129. The minimum atomic E-state index is -0.660. The lowest BCUT2D eigenvalue weighted by atomic mass is 10.1. The Morgan fingerprint density at radius 2 is 1.90 bits per heavy atom. The smallest absolute Gasteiger partial charge is 0.408 e. The van der Waals surface area contributed by atoms with Gasteiger partial charge in [-0.15, -0.1) is 10.2 Å². The second kappa shape index (κ2) is 9.37. The van der Waals surface area contributed by atoms with Crippen molar-refractivity contribution >= 4 is 12.0 Å². The molecule has 3 N–H and O–H groups in total. The lowest BCUT2D eigenvalue weighted by Gasteiger charge is -2.22. The number of nitrogens with two attached hydrogens (primary N) is 1. The molecule has 2 aromatic rings. The summed E-state index contributed by atoms with van der Waals surface area (Å²) in [4.78, 5) is 24.0. The summed E-state index contributed by atoms with van der Waals surface area (Å²) in [6.07, 6.45) is -0.384. The van der Waals surface area contributed by atoms with Crippen LogP contribution in [0.5, 0.6) is 5.75 Å². The number of nitrogens with one attached hydrogen (secondary N) is 1. The van der Waals surface area contributed by atoms with Crippen molar-refractivity contribution < 1.29 is 23.5 Å². The maximum absolute atomic E-state index is 12.3. The molecule has 0 fully saturated rings. The molecule has 1 aromatic carbocycles. The fourth-order valence-electron chi connectivity index (χ4n) is 2.38. The number of benzene rings is 1. The summed E-state index contributed by atoms with van der Waals surface area (Å²) in [6.45, 7) is 5.31. The van der Waals surface area contributed by atoms with Crippen LogP contribution < -0.4 is 15.9 Å². The highest BCUT2D eigenvalue weighted by atomic mass is 16.6. The molecule has 0 aliphatic rings. The lowest BCUT2D eigenvalue weighted by Crippen LogP contribution is -2.36. The Labute approximate surface area is 169 Å². The van der Waals surface area contributed by atoms with E-state index < -0.39 is 17.7 Å². The van der Waals surface area contributed by atoms with Gasteiger partial charge in [0.05, 0.1) is 7.11 Å². The zero-order valence-corrected chi connectivity index (χ0v) is 17.3. The van der Waals surface area contributed by atoms with Gasteiger partial charge in [-0.25, -0.2) is 10.6 Å². The summed E-state index contributed by atoms with van der Waals surface area (Å²) in [5.41, 5.74) is 0.247. The Hall–Kier alpha value is -3.14. The average Bonchev–Trinajstić information content (AvgIpc) is 3.08. The standard InChI is InChI=1S/C19H27N5O5/c1-19(2,3)29-18(26)21-14(10-12-6-8-13(27-5)9-7-12)17-23-22-15(28-17)11-16(25)24(4)20/h6-9,14H,10-11,20H2,1-5H3,(H,21,26)/t14-/m0/s1. The number of carbonyl (C=O) groups excluding carboxylic acids is 2. The normalized spacial score (nSPS) is 12.2. The minimum absolute atomic E-state index is 0.105. The molecule has 10 heteroatoms. The van der Waals surface area contributed by atoms with Crippen molar-refractivity contribution in [2.45, 2.75) is 45.3 Å². The summed E-state index contributed by atoms with van der Waals surface area (Å²) in [6, 6.07) is 6.72. The van der Waals surface area contributed by atoms with Crippen molar-refractivity contribution in [2.75, 3.05) is 14.2 Å². The van der Waals surface area contributed by atoms with E-state index in [1.165, 1.54) is 7.05 Å². The molecule has 1 heterocycles. The molecule has 158 valence electrons. The first-order chi connectivity index (χ1) is 13.6. The number of amides is 2. The molecular formula is C19H27N5O5. The predicted molar refractivity (Wildman–Crippen MR) is 104 cm³/mol. The quantitative estimate of drug-likeness (QED) is 0.404. The van der Waals surface area contributed by atoms with E-state index >= 15 is 0 Å². The molecule has 10 nitrogen and oxygen atoms in total. The number of alkyl carbamates (subject to hydrolysis) is 1. The fourth-order valence-corrected chi connectivity index (χ4v) is 2.38. The SMILES string of the molecule is COc1ccc(C[C@H](NC(=O)OC(C)(C)C)c2nnc(CC(=O)N(C)N)o2)cc1. The minimum Gasteiger partial charge on any atom is -0.497 e. The van der Waals surface area contributed by atoms with Crippen LogP contribution in [-0.2, 0) is 22.4 Å². The summed E-state index contributed by atoms with van der Waals surface area (Å²) >= 11 is 0. The third kappa shape index (κ3) is 7.07. The number of nitrogens with zero attached hydrogens (tertiary/aromatic N) is 3. The highest BCUT2D eigenvalue weighted by Gasteiger charge is 2.25. The van der Waals surface area contributed by atoms with Gasteiger partial charge in [0.2, 0.25) is 17.7 Å². The molecule has 0 bridgehead atoms. The van der Waals surface area contributed by atoms with Crippen LogP contribution in [-0.4, -0.2) is 47.0 Å². The van der Waals surface area contributed by atoms with Crippen molar-refractivity contribution in [2.24, 2.45) is 5.84 Å². The number of aromatic nitrogens is 2. The van der Waals surface area contributed by atoms with Crippen molar-refractivity contribution in [1.29, 1.82) is 0 Å². The van der Waals surface area contributed by atoms with E-state index in [1.807, 2.05) is 24.3 Å². The van der Waals surface area contributed by atoms with Gasteiger partial charge < -0.3 is 19.2 Å². The first-order valence-electron chi connectivity index (χ1n) is 9.03. The molecule has 0 aliphatic heterocycles. The van der Waals surface area contributed by atoms with Gasteiger partial charge in [0.1, 0.15) is 23.8 Å². The highest BCUT2D eigenvalue weighted by molar-refractivity contribution is 5.76. The van der Waals surface area contributed by atoms with Gasteiger partial charge in [0.25, 0.3) is 0 Å². The number of hydrogen-bond acceptors (Lipinski definition) is 8. The monoisotopic (exact) mass is 405 g/mol. The van der Waals surface area contributed by atoms with Gasteiger partial charge in [-0.1, -0.05) is 12.1 Å². The molecule has 0 saturated carbocycles. The highest BCUT2D eigenvalue weighted by Crippen LogP contribution is 2.21. The molecule has 0 unspecified atom stereocenters. The van der Waals surface area contributed by atoms with Crippen LogP contribution in [0.2, 0.25) is 0 Å². The van der Waals surface area contributed by atoms with E-state index in [2.05, 4.69) is 15.5 Å². The third-order valence-corrected chi connectivity index (χ3v) is 3.77. The van der Waals surface area contributed by atoms with Gasteiger partial charge >= 0.3 is 6.09 Å². The number of hydrogen-bond donors (Lipinski definition) is 2. The molecule has 0 aliphatic carbocycles. The van der Waals surface area contributed by atoms with E-state index in [1.54, 1.807) is 27.9 Å². The number of likely N-dealkylation sites (N-methyl/N-ethyl adjacent to an activating group) is 1. The molecular weight excluding hydrogens is 378 g/mol. The van der Waals surface area contributed by atoms with Gasteiger partial charge in [-0.05, 0) is 38.5 Å². The van der Waals surface area contributed by atoms with Crippen LogP contribution in [0.4, 0.5) is 4.79 Å². The molecule has 0 radical (unpaired) electrons. The number of methoxy groups -OCH3 is 1. The number of rotatable bonds is 7. The Morgan fingerprint density at radius 3 is 2.45 bits per heavy atom. The molecule has 1 aromatic heterocycles. The van der Waals surface area contributed by atoms with Crippen LogP contribution in [0.25, 0.3) is 0 Å². The second-order valence-electron chi connectivity index (χ2n) is 7.47. The predicted octanol–water partition coefficient (Wildman–Crippen LogP) is 1.76. The van der Waals surface area contributed by atoms with Crippen LogP contribution in [0.3, 0.4) is 0 Å². The number of ether oxygens (including phenoxy) is 2. The maximum Gasteiger partial charge on any atom is 0.408 e. The molecule has 2 rings (SSSR count). The van der Waals surface area contributed by atoms with Crippen molar-refractivity contribution in [3.05, 3.63) is 41.6 Å². The van der Waals surface area contributed by atoms with Crippen LogP contribution in [0.15, 0.2) is 28.7 Å². The molecule has 29 heavy (non-hydrogen) atoms. The topological polar surface area (TPSA) is 133 Å². The Bertz CT molecular complexity index is 826. The number of carbonyl (C=O) groups is 2. The molecule has 0 saturated heterocycles. The van der Waals surface area contributed by atoms with E-state index in [9.17, 15) is 9.59 Å². The first kappa shape index (κ1) is 22.2. The third-order valence-electron chi connectivity index (χ3n) is 3.77. The summed E-state index contributed by atoms with van der Waals surface area (Å²) in [5, 5.41) is 11.6. The van der Waals surface area contributed by atoms with E-state index in [0.717, 1.165) is 16.3 Å². The zero-order chi connectivity index (χ0) is 21.6. The van der Waals surface area contributed by atoms with E-state index in [0.29, 0.717) is 6.42 Å². The Balaban J connectivity index is 2.20. The van der Waals surface area contributed by atoms with Gasteiger partial charge in [-0.2, -0.15) is 0 Å². The second-order valence-corrected chi connectivity index (χ2v) is 7.47. The zero-order valence-electron chi connectivity index (χ0n) is 17.3. The van der Waals surface area contributed by atoms with E-state index in [-0.39, 0.29) is 24.1 Å². The number of hydrazine groups is 1. The van der Waals surface area contributed by atoms with Crippen LogP contribution in [0.1, 0.15) is 44.2 Å². The first-order valence-corrected chi connectivity index (χ1v) is 9.03. The van der Waals surface area contributed by atoms with Gasteiger partial charge in [0, 0.05) is 13.5 Å². The summed E-state index contributed by atoms with van der Waals surface area (Å²) in [7, 11) is 3.01. The van der Waals surface area contributed by atoms with Gasteiger partial charge in [-0.3, -0.25) is 9.80 Å². The molecule has 0 spiro atoms. The Morgan fingerprint density at radius 1 is 1.24 bits per heavy atom. The van der Waals surface area contributed by atoms with Crippen LogP contribution in [0, 0.1) is 0 Å². The molecule has 2 amide bonds. The summed E-state index contributed by atoms with van der Waals surface area (Å²) in [5.74, 6) is 6.01. The largest absolute Gasteiger partial charge is 0.497 e. The van der Waals surface area contributed by atoms with Crippen LogP contribution >= 0.6 is 0 Å². The fraction of sp³-hybridized carbons (Fsp3) is 0.474. The van der Waals surface area contributed by atoms with Crippen molar-refractivity contribution in [3.8, 4) is 5.75 Å². The van der Waals surface area contributed by atoms with E-state index in [4.69, 9.17) is 19.7 Å². The maximum atomic E-state index is 12.3. The summed E-state index contributed by atoms with van der Waals surface area (Å²) < 4.78 is 16.1.